The van der Waals surface area contributed by atoms with Crippen molar-refractivity contribution in [3.8, 4) is 0 Å². The maximum atomic E-state index is 12.2. The van der Waals surface area contributed by atoms with Gasteiger partial charge in [-0.05, 0) is 38.5 Å². The van der Waals surface area contributed by atoms with Crippen molar-refractivity contribution in [1.82, 2.24) is 21.3 Å². The molecule has 0 saturated carbocycles. The zero-order valence-corrected chi connectivity index (χ0v) is 33.4. The molecule has 0 radical (unpaired) electrons. The van der Waals surface area contributed by atoms with Crippen LogP contribution in [-0.4, -0.2) is 144 Å². The monoisotopic (exact) mass is 801 g/mol. The van der Waals surface area contributed by atoms with E-state index in [4.69, 9.17) is 29.8 Å². The maximum Gasteiger partial charge on any atom is 0.326 e. The van der Waals surface area contributed by atoms with Crippen LogP contribution in [0.1, 0.15) is 109 Å². The molecule has 0 aliphatic carbocycles. The Morgan fingerprint density at radius 1 is 0.500 bits per heavy atom. The van der Waals surface area contributed by atoms with Crippen LogP contribution in [0.2, 0.25) is 0 Å². The first-order valence-electron chi connectivity index (χ1n) is 20.0. The fraction of sp³-hybridized carbons (Fsp3) is 0.811. The number of aliphatic carboxylic acids is 2. The van der Waals surface area contributed by atoms with Crippen molar-refractivity contribution in [2.75, 3.05) is 72.5 Å². The van der Waals surface area contributed by atoms with Crippen LogP contribution in [0.15, 0.2) is 0 Å². The lowest BCUT2D eigenvalue weighted by atomic mass is 9.92. The van der Waals surface area contributed by atoms with Gasteiger partial charge in [0.15, 0.2) is 7.85 Å². The van der Waals surface area contributed by atoms with Gasteiger partial charge in [-0.1, -0.05) is 51.4 Å². The number of hydrogen-bond acceptors (Lipinski definition) is 12. The molecular weight excluding hydrogens is 733 g/mol. The SMILES string of the molecule is BC(=O)C(N)CCCCNC(=O)COCCOCCNC(=O)COCCOCCNC(=O)CCC(NC(=O)CCCCCCCCCCCCC(=O)O)C(=O)O. The summed E-state index contributed by atoms with van der Waals surface area (Å²) < 4.78 is 21.2. The normalized spacial score (nSPS) is 12.0. The predicted molar refractivity (Wildman–Crippen MR) is 210 cm³/mol. The Morgan fingerprint density at radius 3 is 1.46 bits per heavy atom. The number of unbranched alkanes of at least 4 members (excludes halogenated alkanes) is 10. The van der Waals surface area contributed by atoms with Crippen molar-refractivity contribution in [1.29, 1.82) is 0 Å². The number of carbonyl (C=O) groups is 7. The van der Waals surface area contributed by atoms with Gasteiger partial charge in [0.25, 0.3) is 0 Å². The topological polar surface area (TPSA) is 271 Å². The summed E-state index contributed by atoms with van der Waals surface area (Å²) >= 11 is 0. The number of carboxylic acids is 2. The minimum absolute atomic E-state index is 0.0375. The summed E-state index contributed by atoms with van der Waals surface area (Å²) in [5.41, 5.74) is 5.62. The van der Waals surface area contributed by atoms with Crippen LogP contribution in [0.5, 0.6) is 0 Å². The van der Waals surface area contributed by atoms with Crippen LogP contribution in [0, 0.1) is 0 Å². The fourth-order valence-electron chi connectivity index (χ4n) is 5.18. The third-order valence-electron chi connectivity index (χ3n) is 8.47. The van der Waals surface area contributed by atoms with Crippen LogP contribution in [0.3, 0.4) is 0 Å². The molecule has 56 heavy (non-hydrogen) atoms. The Bertz CT molecular complexity index is 1120. The van der Waals surface area contributed by atoms with Gasteiger partial charge in [-0.2, -0.15) is 0 Å². The molecule has 0 aromatic rings. The highest BCUT2D eigenvalue weighted by molar-refractivity contribution is 6.59. The zero-order valence-electron chi connectivity index (χ0n) is 33.4. The molecule has 2 atom stereocenters. The number of rotatable bonds is 40. The van der Waals surface area contributed by atoms with E-state index < -0.39 is 24.0 Å². The third kappa shape index (κ3) is 36.0. The average Bonchev–Trinajstić information content (AvgIpc) is 3.15. The van der Waals surface area contributed by atoms with Gasteiger partial charge in [-0.25, -0.2) is 4.79 Å². The van der Waals surface area contributed by atoms with Crippen molar-refractivity contribution in [2.45, 2.75) is 121 Å². The molecule has 2 unspecified atom stereocenters. The summed E-state index contributed by atoms with van der Waals surface area (Å²) in [5, 5.41) is 28.6. The molecule has 18 nitrogen and oxygen atoms in total. The van der Waals surface area contributed by atoms with Crippen LogP contribution in [-0.2, 0) is 52.5 Å². The number of hydrogen-bond donors (Lipinski definition) is 7. The van der Waals surface area contributed by atoms with Gasteiger partial charge < -0.3 is 61.0 Å². The summed E-state index contributed by atoms with van der Waals surface area (Å²) in [6.07, 6.45) is 12.0. The van der Waals surface area contributed by atoms with Crippen molar-refractivity contribution in [2.24, 2.45) is 5.73 Å². The maximum absolute atomic E-state index is 12.2. The number of nitrogens with two attached hydrogens (primary N) is 1. The second-order valence-corrected chi connectivity index (χ2v) is 13.5. The minimum atomic E-state index is -1.20. The molecule has 4 amide bonds. The van der Waals surface area contributed by atoms with Crippen LogP contribution in [0.4, 0.5) is 0 Å². The molecule has 0 aliphatic heterocycles. The van der Waals surface area contributed by atoms with E-state index in [0.717, 1.165) is 70.6 Å². The second kappa shape index (κ2) is 37.0. The molecule has 0 aromatic heterocycles. The first kappa shape index (κ1) is 52.4. The van der Waals surface area contributed by atoms with Gasteiger partial charge in [-0.3, -0.25) is 24.0 Å². The largest absolute Gasteiger partial charge is 0.481 e. The van der Waals surface area contributed by atoms with E-state index in [-0.39, 0.29) is 121 Å². The van der Waals surface area contributed by atoms with Gasteiger partial charge in [-0.15, -0.1) is 0 Å². The first-order chi connectivity index (χ1) is 26.9. The molecule has 0 bridgehead atoms. The number of carboxylic acid groups (broad SMARTS) is 2. The van der Waals surface area contributed by atoms with E-state index in [9.17, 15) is 38.7 Å². The minimum Gasteiger partial charge on any atom is -0.481 e. The Morgan fingerprint density at radius 2 is 0.964 bits per heavy atom. The van der Waals surface area contributed by atoms with Crippen molar-refractivity contribution >= 4 is 49.1 Å². The molecular formula is C37H68BN5O13. The zero-order chi connectivity index (χ0) is 41.7. The van der Waals surface area contributed by atoms with E-state index in [2.05, 4.69) is 21.3 Å². The lowest BCUT2D eigenvalue weighted by molar-refractivity contribution is -0.142. The van der Waals surface area contributed by atoms with Crippen molar-refractivity contribution in [3.05, 3.63) is 0 Å². The van der Waals surface area contributed by atoms with Crippen molar-refractivity contribution in [3.63, 3.8) is 0 Å². The third-order valence-corrected chi connectivity index (χ3v) is 8.47. The highest BCUT2D eigenvalue weighted by atomic mass is 16.5. The lowest BCUT2D eigenvalue weighted by Crippen LogP contribution is -2.41. The summed E-state index contributed by atoms with van der Waals surface area (Å²) in [4.78, 5) is 81.2. The summed E-state index contributed by atoms with van der Waals surface area (Å²) in [6, 6.07) is -1.60. The molecule has 0 fully saturated rings. The highest BCUT2D eigenvalue weighted by Gasteiger charge is 2.20. The second-order valence-electron chi connectivity index (χ2n) is 13.5. The molecule has 19 heteroatoms. The standard InChI is InChI=1S/C37H68BN5O13/c38-36(50)29(39)13-11-12-18-40-33(46)27-55-25-24-54-22-20-42-34(47)28-56-26-23-53-21-19-41-31(44)17-16-30(37(51)52)43-32(45)14-9-7-5-3-1-2-4-6-8-10-15-35(48)49/h29-30H,1-28,38-39H2,(H,40,46)(H,41,44)(H,42,47)(H,43,45)(H,48,49)(H,51,52). The molecule has 0 heterocycles. The fourth-order valence-corrected chi connectivity index (χ4v) is 5.18. The smallest absolute Gasteiger partial charge is 0.326 e. The van der Waals surface area contributed by atoms with E-state index in [1.165, 1.54) is 7.85 Å². The number of nitrogens with one attached hydrogen (secondary N) is 4. The quantitative estimate of drug-likeness (QED) is 0.0322. The van der Waals surface area contributed by atoms with Gasteiger partial charge >= 0.3 is 11.9 Å². The average molecular weight is 802 g/mol. The number of carbonyl (C=O) groups excluding carboxylic acids is 5. The summed E-state index contributed by atoms with van der Waals surface area (Å²) in [7, 11) is 1.46. The van der Waals surface area contributed by atoms with Gasteiger partial charge in [0.2, 0.25) is 23.6 Å². The lowest BCUT2D eigenvalue weighted by Gasteiger charge is -2.14. The Labute approximate surface area is 332 Å². The van der Waals surface area contributed by atoms with Crippen LogP contribution in [0.25, 0.3) is 0 Å². The van der Waals surface area contributed by atoms with E-state index in [0.29, 0.717) is 19.4 Å². The van der Waals surface area contributed by atoms with Crippen LogP contribution >= 0.6 is 0 Å². The molecule has 322 valence electrons. The number of ether oxygens (including phenoxy) is 4. The Hall–Kier alpha value is -3.65. The Kier molecular flexibility index (Phi) is 34.6. The van der Waals surface area contributed by atoms with Gasteiger partial charge in [0.1, 0.15) is 19.3 Å². The molecule has 0 saturated heterocycles. The highest BCUT2D eigenvalue weighted by Crippen LogP contribution is 2.12. The van der Waals surface area contributed by atoms with E-state index in [1.807, 2.05) is 0 Å². The Balaban J connectivity index is 3.66. The predicted octanol–water partition coefficient (Wildman–Crippen LogP) is 0.174. The van der Waals surface area contributed by atoms with Gasteiger partial charge in [0, 0.05) is 38.9 Å². The number of amides is 4. The molecule has 0 aromatic carbocycles. The van der Waals surface area contributed by atoms with Crippen LogP contribution < -0.4 is 27.0 Å². The molecule has 0 spiro atoms. The van der Waals surface area contributed by atoms with E-state index >= 15 is 0 Å². The molecule has 8 N–H and O–H groups in total. The van der Waals surface area contributed by atoms with Gasteiger partial charge in [0.05, 0.1) is 51.4 Å². The molecule has 0 aliphatic rings. The molecule has 0 rings (SSSR count). The first-order valence-corrected chi connectivity index (χ1v) is 20.0. The summed E-state index contributed by atoms with van der Waals surface area (Å²) in [6.45, 7) is 2.00. The van der Waals surface area contributed by atoms with Crippen molar-refractivity contribution < 1.29 is 62.7 Å². The summed E-state index contributed by atoms with van der Waals surface area (Å²) in [5.74, 6) is -3.22. The van der Waals surface area contributed by atoms with E-state index in [1.54, 1.807) is 0 Å².